The topological polar surface area (TPSA) is 20.2 Å². The van der Waals surface area contributed by atoms with Crippen LogP contribution in [0.15, 0.2) is 48.5 Å². The summed E-state index contributed by atoms with van der Waals surface area (Å²) >= 11 is 4.37. The minimum atomic E-state index is 0.301. The molecule has 0 aromatic heterocycles. The number of phenols is 1. The molecular formula is C15H16OS2. The quantitative estimate of drug-likeness (QED) is 0.630. The molecule has 1 unspecified atom stereocenters. The predicted molar refractivity (Wildman–Crippen MR) is 82.3 cm³/mol. The summed E-state index contributed by atoms with van der Waals surface area (Å²) in [5.41, 5.74) is 3.84. The first-order valence-corrected chi connectivity index (χ1v) is 7.77. The minimum Gasteiger partial charge on any atom is -0.508 e. The van der Waals surface area contributed by atoms with Crippen LogP contribution in [0.1, 0.15) is 21.9 Å². The molecule has 0 aliphatic rings. The van der Waals surface area contributed by atoms with Crippen molar-refractivity contribution in [3.63, 3.8) is 0 Å². The van der Waals surface area contributed by atoms with E-state index >= 15 is 0 Å². The second-order valence-electron chi connectivity index (χ2n) is 4.32. The van der Waals surface area contributed by atoms with Crippen molar-refractivity contribution in [2.45, 2.75) is 18.6 Å². The lowest BCUT2D eigenvalue weighted by Gasteiger charge is -2.15. The highest BCUT2D eigenvalue weighted by atomic mass is 33.1. The van der Waals surface area contributed by atoms with Crippen LogP contribution < -0.4 is 0 Å². The van der Waals surface area contributed by atoms with Crippen molar-refractivity contribution >= 4 is 22.5 Å². The van der Waals surface area contributed by atoms with Crippen molar-refractivity contribution in [3.05, 3.63) is 65.2 Å². The van der Waals surface area contributed by atoms with E-state index in [4.69, 9.17) is 0 Å². The highest BCUT2D eigenvalue weighted by Crippen LogP contribution is 2.35. The van der Waals surface area contributed by atoms with E-state index in [1.807, 2.05) is 12.1 Å². The number of phenolic OH excluding ortho intramolecular Hbond substituents is 1. The lowest BCUT2D eigenvalue weighted by molar-refractivity contribution is 0.475. The molecule has 0 bridgehead atoms. The maximum absolute atomic E-state index is 9.32. The van der Waals surface area contributed by atoms with Gasteiger partial charge in [0.15, 0.2) is 0 Å². The predicted octanol–water partition coefficient (Wildman–Crippen LogP) is 4.56. The van der Waals surface area contributed by atoms with Gasteiger partial charge in [-0.05, 0) is 42.2 Å². The Morgan fingerprint density at radius 1 is 1.11 bits per heavy atom. The van der Waals surface area contributed by atoms with Gasteiger partial charge in [0, 0.05) is 5.25 Å². The van der Waals surface area contributed by atoms with Crippen molar-refractivity contribution in [2.24, 2.45) is 0 Å². The van der Waals surface area contributed by atoms with Gasteiger partial charge >= 0.3 is 0 Å². The van der Waals surface area contributed by atoms with Gasteiger partial charge in [-0.15, -0.1) is 11.7 Å². The van der Waals surface area contributed by atoms with E-state index in [0.717, 1.165) is 6.42 Å². The Hall–Kier alpha value is -1.06. The Bertz CT molecular complexity index is 508. The third-order valence-corrected chi connectivity index (χ3v) is 4.52. The minimum absolute atomic E-state index is 0.301. The molecule has 18 heavy (non-hydrogen) atoms. The van der Waals surface area contributed by atoms with Crippen LogP contribution >= 0.6 is 22.5 Å². The number of hydrogen-bond donors (Lipinski definition) is 2. The van der Waals surface area contributed by atoms with Crippen molar-refractivity contribution < 1.29 is 5.11 Å². The molecule has 0 saturated carbocycles. The Kier molecular flexibility index (Phi) is 4.61. The summed E-state index contributed by atoms with van der Waals surface area (Å²) < 4.78 is 0. The fraction of sp³-hybridized carbons (Fsp3) is 0.200. The van der Waals surface area contributed by atoms with Crippen LogP contribution in [0.2, 0.25) is 0 Å². The molecule has 1 N–H and O–H groups in total. The number of benzene rings is 2. The molecule has 1 nitrogen and oxygen atoms in total. The number of thiol groups is 1. The first-order chi connectivity index (χ1) is 8.70. The van der Waals surface area contributed by atoms with Crippen LogP contribution in [0.4, 0.5) is 0 Å². The van der Waals surface area contributed by atoms with Crippen LogP contribution in [0.25, 0.3) is 0 Å². The Balaban J connectivity index is 2.20. The molecule has 2 aromatic carbocycles. The molecule has 0 radical (unpaired) electrons. The summed E-state index contributed by atoms with van der Waals surface area (Å²) in [6, 6.07) is 15.8. The molecule has 3 heteroatoms. The number of rotatable bonds is 4. The fourth-order valence-corrected chi connectivity index (χ4v) is 3.07. The van der Waals surface area contributed by atoms with Gasteiger partial charge in [-0.3, -0.25) is 0 Å². The standard InChI is InChI=1S/C15H16OS2/c1-11-4-2-3-5-13(11)10-15(18-17)12-6-8-14(16)9-7-12/h2-9,15-17H,10H2,1H3. The Morgan fingerprint density at radius 3 is 2.39 bits per heavy atom. The zero-order valence-electron chi connectivity index (χ0n) is 10.2. The molecule has 0 fully saturated rings. The summed E-state index contributed by atoms with van der Waals surface area (Å²) in [6.45, 7) is 2.13. The highest BCUT2D eigenvalue weighted by Gasteiger charge is 2.12. The Morgan fingerprint density at radius 2 is 1.78 bits per heavy atom. The van der Waals surface area contributed by atoms with Crippen molar-refractivity contribution in [1.29, 1.82) is 0 Å². The summed E-state index contributed by atoms with van der Waals surface area (Å²) in [5.74, 6) is 0.303. The van der Waals surface area contributed by atoms with Crippen molar-refractivity contribution in [1.82, 2.24) is 0 Å². The van der Waals surface area contributed by atoms with Crippen molar-refractivity contribution in [3.8, 4) is 5.75 Å². The molecule has 94 valence electrons. The molecule has 0 amide bonds. The van der Waals surface area contributed by atoms with Crippen LogP contribution in [0, 0.1) is 6.92 Å². The van der Waals surface area contributed by atoms with E-state index in [9.17, 15) is 5.11 Å². The number of aromatic hydroxyl groups is 1. The lowest BCUT2D eigenvalue weighted by atomic mass is 10.0. The van der Waals surface area contributed by atoms with Crippen LogP contribution in [0.5, 0.6) is 5.75 Å². The SMILES string of the molecule is Cc1ccccc1CC(SS)c1ccc(O)cc1. The summed E-state index contributed by atoms with van der Waals surface area (Å²) in [4.78, 5) is 0. The monoisotopic (exact) mass is 276 g/mol. The van der Waals surface area contributed by atoms with Gasteiger partial charge in [-0.2, -0.15) is 0 Å². The maximum atomic E-state index is 9.32. The van der Waals surface area contributed by atoms with E-state index in [1.165, 1.54) is 16.7 Å². The maximum Gasteiger partial charge on any atom is 0.115 e. The second-order valence-corrected chi connectivity index (χ2v) is 5.73. The van der Waals surface area contributed by atoms with E-state index in [0.29, 0.717) is 11.0 Å². The van der Waals surface area contributed by atoms with E-state index in [1.54, 1.807) is 22.9 Å². The lowest BCUT2D eigenvalue weighted by Crippen LogP contribution is -1.99. The Labute approximate surface area is 117 Å². The van der Waals surface area contributed by atoms with Crippen LogP contribution in [-0.2, 0) is 6.42 Å². The molecular weight excluding hydrogens is 260 g/mol. The first-order valence-electron chi connectivity index (χ1n) is 5.84. The average Bonchev–Trinajstić information content (AvgIpc) is 2.39. The molecule has 2 aromatic rings. The molecule has 0 aliphatic heterocycles. The van der Waals surface area contributed by atoms with Gasteiger partial charge in [-0.25, -0.2) is 0 Å². The fourth-order valence-electron chi connectivity index (χ4n) is 1.94. The zero-order chi connectivity index (χ0) is 13.0. The largest absolute Gasteiger partial charge is 0.508 e. The molecule has 1 atom stereocenters. The number of hydrogen-bond acceptors (Lipinski definition) is 3. The molecule has 0 aliphatic carbocycles. The normalized spacial score (nSPS) is 12.3. The summed E-state index contributed by atoms with van der Waals surface area (Å²) in [5, 5.41) is 9.62. The van der Waals surface area contributed by atoms with Gasteiger partial charge in [0.05, 0.1) is 0 Å². The smallest absolute Gasteiger partial charge is 0.115 e. The third-order valence-electron chi connectivity index (χ3n) is 3.06. The van der Waals surface area contributed by atoms with Crippen LogP contribution in [-0.4, -0.2) is 5.11 Å². The van der Waals surface area contributed by atoms with E-state index in [2.05, 4.69) is 42.9 Å². The highest BCUT2D eigenvalue weighted by molar-refractivity contribution is 8.68. The van der Waals surface area contributed by atoms with Gasteiger partial charge in [0.1, 0.15) is 5.75 Å². The second kappa shape index (κ2) is 6.21. The average molecular weight is 276 g/mol. The van der Waals surface area contributed by atoms with Gasteiger partial charge in [0.25, 0.3) is 0 Å². The van der Waals surface area contributed by atoms with Crippen LogP contribution in [0.3, 0.4) is 0 Å². The number of aryl methyl sites for hydroxylation is 1. The van der Waals surface area contributed by atoms with Gasteiger partial charge < -0.3 is 5.11 Å². The zero-order valence-corrected chi connectivity index (χ0v) is 11.9. The van der Waals surface area contributed by atoms with Crippen molar-refractivity contribution in [2.75, 3.05) is 0 Å². The summed E-state index contributed by atoms with van der Waals surface area (Å²) in [6.07, 6.45) is 0.950. The van der Waals surface area contributed by atoms with Gasteiger partial charge in [-0.1, -0.05) is 47.2 Å². The van der Waals surface area contributed by atoms with E-state index in [-0.39, 0.29) is 0 Å². The summed E-state index contributed by atoms with van der Waals surface area (Å²) in [7, 11) is 1.55. The molecule has 0 spiro atoms. The van der Waals surface area contributed by atoms with E-state index < -0.39 is 0 Å². The first kappa shape index (κ1) is 13.4. The van der Waals surface area contributed by atoms with Gasteiger partial charge in [0.2, 0.25) is 0 Å². The third kappa shape index (κ3) is 3.24. The molecule has 0 heterocycles. The molecule has 0 saturated heterocycles. The molecule has 2 rings (SSSR count).